The summed E-state index contributed by atoms with van der Waals surface area (Å²) in [7, 11) is 0. The molecule has 2 unspecified atom stereocenters. The van der Waals surface area contributed by atoms with E-state index in [4.69, 9.17) is 5.73 Å². The first-order valence-electron chi connectivity index (χ1n) is 5.90. The molecule has 16 heavy (non-hydrogen) atoms. The van der Waals surface area contributed by atoms with Crippen molar-refractivity contribution in [1.82, 2.24) is 5.32 Å². The Kier molecular flexibility index (Phi) is 7.07. The summed E-state index contributed by atoms with van der Waals surface area (Å²) in [5.74, 6) is 2.11. The largest absolute Gasteiger partial charge is 0.353 e. The lowest BCUT2D eigenvalue weighted by Crippen LogP contribution is -2.42. The van der Waals surface area contributed by atoms with E-state index in [1.807, 2.05) is 18.7 Å². The second kappa shape index (κ2) is 7.17. The molecule has 0 aliphatic heterocycles. The molecular formula is C12H26N2OS. The maximum atomic E-state index is 11.7. The number of thioether (sulfide) groups is 1. The molecule has 0 rings (SSSR count). The van der Waals surface area contributed by atoms with Crippen molar-refractivity contribution in [3.05, 3.63) is 0 Å². The minimum atomic E-state index is -0.0847. The van der Waals surface area contributed by atoms with Gasteiger partial charge in [0.1, 0.15) is 0 Å². The fourth-order valence-corrected chi connectivity index (χ4v) is 1.85. The predicted octanol–water partition coefficient (Wildman–Crippen LogP) is 2.01. The van der Waals surface area contributed by atoms with Crippen LogP contribution in [0, 0.1) is 5.41 Å². The third-order valence-electron chi connectivity index (χ3n) is 2.50. The number of carbonyl (C=O) groups excluding carboxylic acids is 1. The number of nitrogens with one attached hydrogen (secondary N) is 1. The van der Waals surface area contributed by atoms with Gasteiger partial charge in [0.2, 0.25) is 5.91 Å². The summed E-state index contributed by atoms with van der Waals surface area (Å²) in [6.07, 6.45) is 0.407. The van der Waals surface area contributed by atoms with Crippen LogP contribution in [0.4, 0.5) is 0 Å². The normalized spacial score (nSPS) is 15.6. The molecule has 0 spiro atoms. The van der Waals surface area contributed by atoms with Crippen molar-refractivity contribution in [3.8, 4) is 0 Å². The first-order valence-corrected chi connectivity index (χ1v) is 7.05. The van der Waals surface area contributed by atoms with Gasteiger partial charge in [-0.2, -0.15) is 11.8 Å². The average Bonchev–Trinajstić information content (AvgIpc) is 2.12. The van der Waals surface area contributed by atoms with Crippen LogP contribution in [-0.2, 0) is 4.79 Å². The van der Waals surface area contributed by atoms with E-state index in [9.17, 15) is 4.79 Å². The molecule has 0 saturated carbocycles. The molecule has 0 aromatic rings. The highest BCUT2D eigenvalue weighted by Gasteiger charge is 2.23. The summed E-state index contributed by atoms with van der Waals surface area (Å²) in [6, 6.07) is 0.142. The maximum Gasteiger partial charge on any atom is 0.221 e. The van der Waals surface area contributed by atoms with Gasteiger partial charge in [-0.3, -0.25) is 4.79 Å². The minimum Gasteiger partial charge on any atom is -0.353 e. The Morgan fingerprint density at radius 2 is 2.00 bits per heavy atom. The van der Waals surface area contributed by atoms with Crippen LogP contribution in [0.25, 0.3) is 0 Å². The fraction of sp³-hybridized carbons (Fsp3) is 0.917. The Bertz CT molecular complexity index is 214. The van der Waals surface area contributed by atoms with E-state index in [1.54, 1.807) is 0 Å². The Balaban J connectivity index is 3.90. The van der Waals surface area contributed by atoms with Crippen LogP contribution in [-0.4, -0.2) is 29.5 Å². The summed E-state index contributed by atoms with van der Waals surface area (Å²) >= 11 is 1.84. The molecule has 0 aliphatic rings. The van der Waals surface area contributed by atoms with Crippen molar-refractivity contribution in [2.75, 3.05) is 11.5 Å². The summed E-state index contributed by atoms with van der Waals surface area (Å²) < 4.78 is 0. The summed E-state index contributed by atoms with van der Waals surface area (Å²) in [5, 5.41) is 2.98. The van der Waals surface area contributed by atoms with Crippen LogP contribution < -0.4 is 11.1 Å². The molecule has 0 heterocycles. The van der Waals surface area contributed by atoms with Gasteiger partial charge in [-0.25, -0.2) is 0 Å². The zero-order valence-electron chi connectivity index (χ0n) is 11.2. The summed E-state index contributed by atoms with van der Waals surface area (Å²) in [4.78, 5) is 11.7. The van der Waals surface area contributed by atoms with E-state index in [1.165, 1.54) is 0 Å². The van der Waals surface area contributed by atoms with Crippen LogP contribution in [0.3, 0.4) is 0 Å². The second-order valence-electron chi connectivity index (χ2n) is 5.30. The minimum absolute atomic E-state index is 0.0151. The number of carbonyl (C=O) groups is 1. The van der Waals surface area contributed by atoms with Gasteiger partial charge in [-0.15, -0.1) is 0 Å². The molecule has 3 nitrogen and oxygen atoms in total. The highest BCUT2D eigenvalue weighted by molar-refractivity contribution is 7.99. The standard InChI is InChI=1S/C12H26N2OS/c1-6-16-8-9(2)14-11(15)7-10(13)12(3,4)5/h9-10H,6-8,13H2,1-5H3,(H,14,15). The van der Waals surface area contributed by atoms with Crippen molar-refractivity contribution in [2.24, 2.45) is 11.1 Å². The van der Waals surface area contributed by atoms with Crippen molar-refractivity contribution >= 4 is 17.7 Å². The Morgan fingerprint density at radius 1 is 1.44 bits per heavy atom. The third-order valence-corrected chi connectivity index (χ3v) is 3.64. The topological polar surface area (TPSA) is 55.1 Å². The van der Waals surface area contributed by atoms with E-state index in [0.29, 0.717) is 6.42 Å². The van der Waals surface area contributed by atoms with Crippen molar-refractivity contribution in [3.63, 3.8) is 0 Å². The van der Waals surface area contributed by atoms with Crippen molar-refractivity contribution in [2.45, 2.75) is 53.1 Å². The Labute approximate surface area is 104 Å². The fourth-order valence-electron chi connectivity index (χ4n) is 1.18. The number of hydrogen-bond acceptors (Lipinski definition) is 3. The zero-order chi connectivity index (χ0) is 12.8. The maximum absolute atomic E-state index is 11.7. The van der Waals surface area contributed by atoms with Gasteiger partial charge in [-0.05, 0) is 18.1 Å². The number of hydrogen-bond donors (Lipinski definition) is 2. The molecule has 0 aromatic heterocycles. The molecule has 0 radical (unpaired) electrons. The number of nitrogens with two attached hydrogens (primary N) is 1. The molecule has 4 heteroatoms. The van der Waals surface area contributed by atoms with Crippen LogP contribution in [0.1, 0.15) is 41.0 Å². The monoisotopic (exact) mass is 246 g/mol. The lowest BCUT2D eigenvalue weighted by Gasteiger charge is -2.27. The SMILES string of the molecule is CCSCC(C)NC(=O)CC(N)C(C)(C)C. The van der Waals surface area contributed by atoms with Gasteiger partial charge in [-0.1, -0.05) is 27.7 Å². The van der Waals surface area contributed by atoms with Crippen LogP contribution in [0.15, 0.2) is 0 Å². The molecule has 0 aromatic carbocycles. The molecule has 0 saturated heterocycles. The Hall–Kier alpha value is -0.220. The molecule has 96 valence electrons. The highest BCUT2D eigenvalue weighted by Crippen LogP contribution is 2.19. The van der Waals surface area contributed by atoms with E-state index in [0.717, 1.165) is 11.5 Å². The van der Waals surface area contributed by atoms with Crippen molar-refractivity contribution in [1.29, 1.82) is 0 Å². The van der Waals surface area contributed by atoms with E-state index in [2.05, 4.69) is 33.0 Å². The molecule has 0 fully saturated rings. The quantitative estimate of drug-likeness (QED) is 0.754. The molecule has 0 aliphatic carbocycles. The van der Waals surface area contributed by atoms with Crippen molar-refractivity contribution < 1.29 is 4.79 Å². The van der Waals surface area contributed by atoms with Crippen LogP contribution in [0.2, 0.25) is 0 Å². The van der Waals surface area contributed by atoms with Gasteiger partial charge in [0.05, 0.1) is 0 Å². The lowest BCUT2D eigenvalue weighted by molar-refractivity contribution is -0.122. The van der Waals surface area contributed by atoms with Gasteiger partial charge in [0, 0.05) is 24.3 Å². The first-order chi connectivity index (χ1) is 7.27. The smallest absolute Gasteiger partial charge is 0.221 e. The van der Waals surface area contributed by atoms with E-state index in [-0.39, 0.29) is 23.4 Å². The van der Waals surface area contributed by atoms with Gasteiger partial charge < -0.3 is 11.1 Å². The van der Waals surface area contributed by atoms with Crippen LogP contribution in [0.5, 0.6) is 0 Å². The van der Waals surface area contributed by atoms with E-state index >= 15 is 0 Å². The first kappa shape index (κ1) is 15.8. The highest BCUT2D eigenvalue weighted by atomic mass is 32.2. The third kappa shape index (κ3) is 7.12. The van der Waals surface area contributed by atoms with Crippen LogP contribution >= 0.6 is 11.8 Å². The Morgan fingerprint density at radius 3 is 2.44 bits per heavy atom. The summed E-state index contributed by atoms with van der Waals surface area (Å²) in [5.41, 5.74) is 5.95. The lowest BCUT2D eigenvalue weighted by atomic mass is 9.85. The zero-order valence-corrected chi connectivity index (χ0v) is 12.0. The van der Waals surface area contributed by atoms with Gasteiger partial charge in [0.25, 0.3) is 0 Å². The van der Waals surface area contributed by atoms with Gasteiger partial charge >= 0.3 is 0 Å². The molecule has 0 bridgehead atoms. The molecule has 2 atom stereocenters. The molecule has 3 N–H and O–H groups in total. The van der Waals surface area contributed by atoms with Gasteiger partial charge in [0.15, 0.2) is 0 Å². The predicted molar refractivity (Wildman–Crippen MR) is 72.7 cm³/mol. The van der Waals surface area contributed by atoms with E-state index < -0.39 is 0 Å². The second-order valence-corrected chi connectivity index (χ2v) is 6.62. The number of amides is 1. The number of rotatable bonds is 6. The summed E-state index contributed by atoms with van der Waals surface area (Å²) in [6.45, 7) is 10.3. The molecule has 1 amide bonds. The average molecular weight is 246 g/mol. The molecular weight excluding hydrogens is 220 g/mol.